The van der Waals surface area contributed by atoms with Crippen LogP contribution in [0.3, 0.4) is 0 Å². The zero-order valence-corrected chi connectivity index (χ0v) is 12.1. The van der Waals surface area contributed by atoms with E-state index in [1.807, 2.05) is 0 Å². The molecule has 2 N–H and O–H groups in total. The molecule has 3 amide bonds. The van der Waals surface area contributed by atoms with Gasteiger partial charge in [-0.05, 0) is 24.3 Å². The van der Waals surface area contributed by atoms with Gasteiger partial charge in [-0.15, -0.1) is 0 Å². The number of carbonyl (C=O) groups excluding carboxylic acids is 3. The van der Waals surface area contributed by atoms with Crippen molar-refractivity contribution in [3.63, 3.8) is 0 Å². The number of hydrogen-bond acceptors (Lipinski definition) is 5. The largest absolute Gasteiger partial charge is 0.287 e. The van der Waals surface area contributed by atoms with Gasteiger partial charge in [-0.25, -0.2) is 10.3 Å². The van der Waals surface area contributed by atoms with Crippen LogP contribution < -0.4 is 15.8 Å². The van der Waals surface area contributed by atoms with Crippen LogP contribution in [0.1, 0.15) is 16.8 Å². The minimum Gasteiger partial charge on any atom is -0.287 e. The first-order valence-corrected chi connectivity index (χ1v) is 7.04. The standard InChI is InChI=1S/C16H14N4O3/c21-14-10-13(16(23)20(14)12-4-2-1-3-5-12)18-19-15(22)11-6-8-17-9-7-11/h1-9,13,18H,10H2,(H,19,22)/t13-/m1/s1. The highest BCUT2D eigenvalue weighted by Gasteiger charge is 2.39. The van der Waals surface area contributed by atoms with Gasteiger partial charge in [0, 0.05) is 18.0 Å². The van der Waals surface area contributed by atoms with Crippen LogP contribution in [0.2, 0.25) is 0 Å². The third kappa shape index (κ3) is 3.09. The lowest BCUT2D eigenvalue weighted by atomic mass is 10.2. The fourth-order valence-corrected chi connectivity index (χ4v) is 2.32. The van der Waals surface area contributed by atoms with Crippen molar-refractivity contribution in [2.24, 2.45) is 0 Å². The Kier molecular flexibility index (Phi) is 4.11. The molecule has 1 aromatic carbocycles. The number of nitrogens with zero attached hydrogens (tertiary/aromatic N) is 2. The van der Waals surface area contributed by atoms with E-state index in [1.54, 1.807) is 42.5 Å². The number of anilines is 1. The molecule has 1 saturated heterocycles. The Morgan fingerprint density at radius 3 is 2.48 bits per heavy atom. The third-order valence-electron chi connectivity index (χ3n) is 3.46. The van der Waals surface area contributed by atoms with E-state index >= 15 is 0 Å². The van der Waals surface area contributed by atoms with Gasteiger partial charge >= 0.3 is 0 Å². The number of hydrogen-bond donors (Lipinski definition) is 2. The van der Waals surface area contributed by atoms with Crippen molar-refractivity contribution in [1.82, 2.24) is 15.8 Å². The van der Waals surface area contributed by atoms with Gasteiger partial charge in [-0.2, -0.15) is 0 Å². The fourth-order valence-electron chi connectivity index (χ4n) is 2.32. The van der Waals surface area contributed by atoms with Crippen molar-refractivity contribution >= 4 is 23.4 Å². The predicted octanol–water partition coefficient (Wildman–Crippen LogP) is 0.648. The monoisotopic (exact) mass is 310 g/mol. The van der Waals surface area contributed by atoms with Gasteiger partial charge in [0.2, 0.25) is 5.91 Å². The number of benzene rings is 1. The number of hydrazine groups is 1. The Hall–Kier alpha value is -3.06. The van der Waals surface area contributed by atoms with Gasteiger partial charge in [0.1, 0.15) is 6.04 Å². The molecule has 3 rings (SSSR count). The molecule has 7 nitrogen and oxygen atoms in total. The van der Waals surface area contributed by atoms with Crippen molar-refractivity contribution in [2.75, 3.05) is 4.90 Å². The maximum Gasteiger partial charge on any atom is 0.265 e. The number of para-hydroxylation sites is 1. The van der Waals surface area contributed by atoms with Gasteiger partial charge in [0.25, 0.3) is 11.8 Å². The van der Waals surface area contributed by atoms with E-state index < -0.39 is 17.9 Å². The number of carbonyl (C=O) groups is 3. The number of nitrogens with one attached hydrogen (secondary N) is 2. The summed E-state index contributed by atoms with van der Waals surface area (Å²) in [5.41, 5.74) is 6.00. The van der Waals surface area contributed by atoms with Gasteiger partial charge in [-0.1, -0.05) is 18.2 Å². The molecule has 0 saturated carbocycles. The van der Waals surface area contributed by atoms with E-state index in [2.05, 4.69) is 15.8 Å². The number of aromatic nitrogens is 1. The predicted molar refractivity (Wildman–Crippen MR) is 82.2 cm³/mol. The molecule has 116 valence electrons. The third-order valence-corrected chi connectivity index (χ3v) is 3.46. The maximum absolute atomic E-state index is 12.3. The molecule has 2 heterocycles. The number of pyridine rings is 1. The Labute approximate surface area is 132 Å². The van der Waals surface area contributed by atoms with Crippen LogP contribution in [0, 0.1) is 0 Å². The van der Waals surface area contributed by atoms with E-state index in [0.717, 1.165) is 4.90 Å². The summed E-state index contributed by atoms with van der Waals surface area (Å²) in [6.07, 6.45) is 2.98. The summed E-state index contributed by atoms with van der Waals surface area (Å²) in [4.78, 5) is 41.3. The maximum atomic E-state index is 12.3. The zero-order chi connectivity index (χ0) is 16.2. The first-order chi connectivity index (χ1) is 11.2. The van der Waals surface area contributed by atoms with E-state index in [0.29, 0.717) is 11.3 Å². The zero-order valence-electron chi connectivity index (χ0n) is 12.1. The summed E-state index contributed by atoms with van der Waals surface area (Å²) < 4.78 is 0. The van der Waals surface area contributed by atoms with Gasteiger partial charge in [-0.3, -0.25) is 24.8 Å². The number of rotatable bonds is 4. The smallest absolute Gasteiger partial charge is 0.265 e. The first-order valence-electron chi connectivity index (χ1n) is 7.04. The summed E-state index contributed by atoms with van der Waals surface area (Å²) in [5, 5.41) is 0. The molecule has 0 spiro atoms. The quantitative estimate of drug-likeness (QED) is 0.639. The highest BCUT2D eigenvalue weighted by Crippen LogP contribution is 2.22. The van der Waals surface area contributed by atoms with Crippen molar-refractivity contribution in [3.05, 3.63) is 60.4 Å². The molecule has 0 bridgehead atoms. The highest BCUT2D eigenvalue weighted by molar-refractivity contribution is 6.22. The fraction of sp³-hybridized carbons (Fsp3) is 0.125. The lowest BCUT2D eigenvalue weighted by Gasteiger charge is -2.15. The molecular formula is C16H14N4O3. The first kappa shape index (κ1) is 14.9. The number of imide groups is 1. The molecule has 2 aromatic rings. The second kappa shape index (κ2) is 6.37. The van der Waals surface area contributed by atoms with Crippen LogP contribution in [0.15, 0.2) is 54.9 Å². The van der Waals surface area contributed by atoms with Crippen molar-refractivity contribution in [3.8, 4) is 0 Å². The Morgan fingerprint density at radius 1 is 1.09 bits per heavy atom. The summed E-state index contributed by atoms with van der Waals surface area (Å²) in [6, 6.07) is 11.0. The SMILES string of the molecule is O=C(NN[C@@H]1CC(=O)N(c2ccccc2)C1=O)c1ccncc1. The summed E-state index contributed by atoms with van der Waals surface area (Å²) in [6.45, 7) is 0. The molecule has 1 atom stereocenters. The minimum atomic E-state index is -0.784. The van der Waals surface area contributed by atoms with Crippen LogP contribution >= 0.6 is 0 Å². The average Bonchev–Trinajstić information content (AvgIpc) is 2.88. The Morgan fingerprint density at radius 2 is 1.78 bits per heavy atom. The van der Waals surface area contributed by atoms with E-state index in [-0.39, 0.29) is 12.3 Å². The molecule has 0 aliphatic carbocycles. The molecule has 1 aliphatic heterocycles. The molecule has 1 fully saturated rings. The minimum absolute atomic E-state index is 0.00957. The topological polar surface area (TPSA) is 91.4 Å². The highest BCUT2D eigenvalue weighted by atomic mass is 16.2. The second-order valence-electron chi connectivity index (χ2n) is 4.99. The van der Waals surface area contributed by atoms with Gasteiger partial charge in [0.15, 0.2) is 0 Å². The Bertz CT molecular complexity index is 734. The van der Waals surface area contributed by atoms with E-state index in [4.69, 9.17) is 0 Å². The molecule has 7 heteroatoms. The van der Waals surface area contributed by atoms with Crippen LogP contribution in [0.5, 0.6) is 0 Å². The van der Waals surface area contributed by atoms with Crippen molar-refractivity contribution in [2.45, 2.75) is 12.5 Å². The van der Waals surface area contributed by atoms with Crippen molar-refractivity contribution < 1.29 is 14.4 Å². The molecule has 0 radical (unpaired) electrons. The lowest BCUT2D eigenvalue weighted by Crippen LogP contribution is -2.48. The lowest BCUT2D eigenvalue weighted by molar-refractivity contribution is -0.121. The Balaban J connectivity index is 1.65. The van der Waals surface area contributed by atoms with Crippen LogP contribution in [0.25, 0.3) is 0 Å². The van der Waals surface area contributed by atoms with E-state index in [9.17, 15) is 14.4 Å². The van der Waals surface area contributed by atoms with E-state index in [1.165, 1.54) is 12.4 Å². The molecule has 23 heavy (non-hydrogen) atoms. The number of amides is 3. The molecular weight excluding hydrogens is 296 g/mol. The van der Waals surface area contributed by atoms with Crippen LogP contribution in [-0.4, -0.2) is 28.7 Å². The molecule has 1 aromatic heterocycles. The average molecular weight is 310 g/mol. The van der Waals surface area contributed by atoms with Gasteiger partial charge < -0.3 is 0 Å². The van der Waals surface area contributed by atoms with Crippen molar-refractivity contribution in [1.29, 1.82) is 0 Å². The normalized spacial score (nSPS) is 17.4. The van der Waals surface area contributed by atoms with Gasteiger partial charge in [0.05, 0.1) is 12.1 Å². The molecule has 1 aliphatic rings. The van der Waals surface area contributed by atoms with Crippen LogP contribution in [0.4, 0.5) is 5.69 Å². The summed E-state index contributed by atoms with van der Waals surface area (Å²) in [7, 11) is 0. The molecule has 0 unspecified atom stereocenters. The second-order valence-corrected chi connectivity index (χ2v) is 4.99. The summed E-state index contributed by atoms with van der Waals surface area (Å²) >= 11 is 0. The van der Waals surface area contributed by atoms with Crippen LogP contribution in [-0.2, 0) is 9.59 Å². The summed E-state index contributed by atoms with van der Waals surface area (Å²) in [5.74, 6) is -1.10.